The van der Waals surface area contributed by atoms with Crippen molar-refractivity contribution in [1.82, 2.24) is 10.2 Å². The number of carbonyl (C=O) groups excluding carboxylic acids is 2. The molecule has 2 aromatic rings. The van der Waals surface area contributed by atoms with Gasteiger partial charge in [-0.15, -0.1) is 0 Å². The third kappa shape index (κ3) is 4.51. The van der Waals surface area contributed by atoms with Gasteiger partial charge in [-0.3, -0.25) is 9.59 Å². The van der Waals surface area contributed by atoms with E-state index in [-0.39, 0.29) is 17.7 Å². The van der Waals surface area contributed by atoms with E-state index in [9.17, 15) is 9.59 Å². The van der Waals surface area contributed by atoms with E-state index in [2.05, 4.69) is 5.32 Å². The summed E-state index contributed by atoms with van der Waals surface area (Å²) in [5, 5.41) is 2.90. The molecule has 1 saturated heterocycles. The van der Waals surface area contributed by atoms with Crippen LogP contribution in [0, 0.1) is 0 Å². The van der Waals surface area contributed by atoms with Gasteiger partial charge in [0, 0.05) is 25.4 Å². The highest BCUT2D eigenvalue weighted by atomic mass is 16.2. The van der Waals surface area contributed by atoms with E-state index in [0.717, 1.165) is 37.1 Å². The Balaban J connectivity index is 1.68. The van der Waals surface area contributed by atoms with Gasteiger partial charge in [-0.25, -0.2) is 0 Å². The summed E-state index contributed by atoms with van der Waals surface area (Å²) in [5.41, 5.74) is 2.21. The third-order valence-corrected chi connectivity index (χ3v) is 4.96. The van der Waals surface area contributed by atoms with Crippen LogP contribution in [0.1, 0.15) is 43.2 Å². The number of hydrogen-bond donors (Lipinski definition) is 1. The molecule has 1 aliphatic rings. The molecular weight excluding hydrogens is 324 g/mol. The Morgan fingerprint density at radius 1 is 0.923 bits per heavy atom. The molecule has 0 radical (unpaired) electrons. The number of likely N-dealkylation sites (tertiary alicyclic amines) is 1. The molecule has 4 nitrogen and oxygen atoms in total. The quantitative estimate of drug-likeness (QED) is 0.869. The molecule has 136 valence electrons. The molecule has 0 aromatic heterocycles. The number of benzene rings is 2. The average molecular weight is 350 g/mol. The Kier molecular flexibility index (Phi) is 6.05. The van der Waals surface area contributed by atoms with Crippen LogP contribution in [0.3, 0.4) is 0 Å². The first-order valence-electron chi connectivity index (χ1n) is 9.33. The minimum absolute atomic E-state index is 0.0202. The Morgan fingerprint density at radius 2 is 1.42 bits per heavy atom. The van der Waals surface area contributed by atoms with Gasteiger partial charge in [0.05, 0.1) is 0 Å². The molecule has 1 atom stereocenters. The van der Waals surface area contributed by atoms with E-state index in [1.54, 1.807) is 6.92 Å². The van der Waals surface area contributed by atoms with E-state index in [1.807, 2.05) is 65.6 Å². The van der Waals surface area contributed by atoms with Crippen molar-refractivity contribution in [2.45, 2.75) is 38.1 Å². The molecule has 4 heteroatoms. The summed E-state index contributed by atoms with van der Waals surface area (Å²) in [6.07, 6.45) is 2.43. The van der Waals surface area contributed by atoms with Gasteiger partial charge < -0.3 is 10.2 Å². The molecule has 2 aromatic carbocycles. The minimum atomic E-state index is -0.479. The summed E-state index contributed by atoms with van der Waals surface area (Å²) in [5.74, 6) is -0.0962. The van der Waals surface area contributed by atoms with E-state index in [0.29, 0.717) is 6.42 Å². The maximum Gasteiger partial charge on any atom is 0.244 e. The lowest BCUT2D eigenvalue weighted by Crippen LogP contribution is -2.46. The molecular formula is C22H26N2O2. The van der Waals surface area contributed by atoms with Crippen molar-refractivity contribution in [1.29, 1.82) is 0 Å². The normalized spacial score (nSPS) is 15.1. The SMILES string of the molecule is C[C@@H](NC(=O)CC(c1ccccc1)c1ccccc1)C(=O)N1CCCC1. The standard InChI is InChI=1S/C22H26N2O2/c1-17(22(26)24-14-8-9-15-24)23-21(25)16-20(18-10-4-2-5-11-18)19-12-6-3-7-13-19/h2-7,10-13,17,20H,8-9,14-16H2,1H3,(H,23,25)/t17-/m1/s1. The molecule has 1 N–H and O–H groups in total. The van der Waals surface area contributed by atoms with Crippen LogP contribution in [0.5, 0.6) is 0 Å². The van der Waals surface area contributed by atoms with Crippen LogP contribution >= 0.6 is 0 Å². The van der Waals surface area contributed by atoms with Crippen LogP contribution in [-0.2, 0) is 9.59 Å². The second-order valence-corrected chi connectivity index (χ2v) is 6.90. The van der Waals surface area contributed by atoms with Gasteiger partial charge >= 0.3 is 0 Å². The number of carbonyl (C=O) groups is 2. The van der Waals surface area contributed by atoms with E-state index in [1.165, 1.54) is 0 Å². The lowest BCUT2D eigenvalue weighted by molar-refractivity contribution is -0.135. The maximum absolute atomic E-state index is 12.6. The largest absolute Gasteiger partial charge is 0.345 e. The number of rotatable bonds is 6. The van der Waals surface area contributed by atoms with E-state index >= 15 is 0 Å². The predicted octanol–water partition coefficient (Wildman–Crippen LogP) is 3.34. The van der Waals surface area contributed by atoms with Gasteiger partial charge in [-0.2, -0.15) is 0 Å². The highest BCUT2D eigenvalue weighted by Crippen LogP contribution is 2.27. The third-order valence-electron chi connectivity index (χ3n) is 4.96. The number of amides is 2. The molecule has 0 bridgehead atoms. The second-order valence-electron chi connectivity index (χ2n) is 6.90. The fraction of sp³-hybridized carbons (Fsp3) is 0.364. The zero-order chi connectivity index (χ0) is 18.4. The summed E-state index contributed by atoms with van der Waals surface area (Å²) < 4.78 is 0. The molecule has 1 heterocycles. The Labute approximate surface area is 155 Å². The summed E-state index contributed by atoms with van der Waals surface area (Å²) in [7, 11) is 0. The number of nitrogens with zero attached hydrogens (tertiary/aromatic N) is 1. The molecule has 0 saturated carbocycles. The molecule has 0 aliphatic carbocycles. The lowest BCUT2D eigenvalue weighted by Gasteiger charge is -2.23. The highest BCUT2D eigenvalue weighted by Gasteiger charge is 2.25. The monoisotopic (exact) mass is 350 g/mol. The van der Waals surface area contributed by atoms with Crippen LogP contribution in [0.2, 0.25) is 0 Å². The molecule has 0 unspecified atom stereocenters. The van der Waals surface area contributed by atoms with E-state index in [4.69, 9.17) is 0 Å². The molecule has 1 aliphatic heterocycles. The van der Waals surface area contributed by atoms with Crippen molar-refractivity contribution < 1.29 is 9.59 Å². The van der Waals surface area contributed by atoms with Gasteiger partial charge in [0.2, 0.25) is 11.8 Å². The van der Waals surface area contributed by atoms with Gasteiger partial charge in [0.1, 0.15) is 6.04 Å². The van der Waals surface area contributed by atoms with Crippen LogP contribution < -0.4 is 5.32 Å². The fourth-order valence-electron chi connectivity index (χ4n) is 3.56. The Hall–Kier alpha value is -2.62. The number of nitrogens with one attached hydrogen (secondary N) is 1. The second kappa shape index (κ2) is 8.65. The van der Waals surface area contributed by atoms with Gasteiger partial charge in [-0.05, 0) is 30.9 Å². The molecule has 1 fully saturated rings. The van der Waals surface area contributed by atoms with Crippen molar-refractivity contribution in [3.63, 3.8) is 0 Å². The van der Waals surface area contributed by atoms with E-state index < -0.39 is 6.04 Å². The highest BCUT2D eigenvalue weighted by molar-refractivity contribution is 5.87. The summed E-state index contributed by atoms with van der Waals surface area (Å²) >= 11 is 0. The van der Waals surface area contributed by atoms with Gasteiger partial charge in [0.15, 0.2) is 0 Å². The Bertz CT molecular complexity index is 685. The predicted molar refractivity (Wildman–Crippen MR) is 103 cm³/mol. The van der Waals surface area contributed by atoms with Crippen molar-refractivity contribution in [2.24, 2.45) is 0 Å². The molecule has 0 spiro atoms. The van der Waals surface area contributed by atoms with Crippen molar-refractivity contribution in [3.05, 3.63) is 71.8 Å². The van der Waals surface area contributed by atoms with Crippen molar-refractivity contribution in [3.8, 4) is 0 Å². The van der Waals surface area contributed by atoms with Crippen LogP contribution in [0.15, 0.2) is 60.7 Å². The number of hydrogen-bond acceptors (Lipinski definition) is 2. The lowest BCUT2D eigenvalue weighted by atomic mass is 9.88. The van der Waals surface area contributed by atoms with Crippen molar-refractivity contribution in [2.75, 3.05) is 13.1 Å². The molecule has 2 amide bonds. The first kappa shape index (κ1) is 18.2. The summed E-state index contributed by atoms with van der Waals surface area (Å²) in [6, 6.07) is 19.6. The first-order valence-corrected chi connectivity index (χ1v) is 9.33. The first-order chi connectivity index (χ1) is 12.6. The fourth-order valence-corrected chi connectivity index (χ4v) is 3.56. The van der Waals surface area contributed by atoms with Crippen molar-refractivity contribution >= 4 is 11.8 Å². The summed E-state index contributed by atoms with van der Waals surface area (Å²) in [6.45, 7) is 3.38. The average Bonchev–Trinajstić information content (AvgIpc) is 3.21. The topological polar surface area (TPSA) is 49.4 Å². The minimum Gasteiger partial charge on any atom is -0.345 e. The maximum atomic E-state index is 12.6. The van der Waals surface area contributed by atoms with Crippen LogP contribution in [-0.4, -0.2) is 35.8 Å². The zero-order valence-electron chi connectivity index (χ0n) is 15.2. The van der Waals surface area contributed by atoms with Gasteiger partial charge in [-0.1, -0.05) is 60.7 Å². The summed E-state index contributed by atoms with van der Waals surface area (Å²) in [4.78, 5) is 26.9. The molecule has 3 rings (SSSR count). The smallest absolute Gasteiger partial charge is 0.244 e. The van der Waals surface area contributed by atoms with Crippen LogP contribution in [0.4, 0.5) is 0 Å². The Morgan fingerprint density at radius 3 is 1.92 bits per heavy atom. The van der Waals surface area contributed by atoms with Crippen LogP contribution in [0.25, 0.3) is 0 Å². The van der Waals surface area contributed by atoms with Gasteiger partial charge in [0.25, 0.3) is 0 Å². The zero-order valence-corrected chi connectivity index (χ0v) is 15.2. The molecule has 26 heavy (non-hydrogen) atoms.